The van der Waals surface area contributed by atoms with Gasteiger partial charge in [-0.1, -0.05) is 0 Å². The zero-order chi connectivity index (χ0) is 11.2. The number of carbonyl (C=O) groups excluding carboxylic acids is 1. The van der Waals surface area contributed by atoms with Crippen LogP contribution in [0.2, 0.25) is 0 Å². The second-order valence-corrected chi connectivity index (χ2v) is 4.88. The van der Waals surface area contributed by atoms with Crippen LogP contribution in [0, 0.1) is 5.92 Å². The van der Waals surface area contributed by atoms with Crippen LogP contribution in [0.4, 0.5) is 0 Å². The lowest BCUT2D eigenvalue weighted by molar-refractivity contribution is -0.132. The van der Waals surface area contributed by atoms with Crippen molar-refractivity contribution in [2.75, 3.05) is 39.3 Å². The van der Waals surface area contributed by atoms with Crippen LogP contribution in [0.25, 0.3) is 0 Å². The molecule has 1 amide bonds. The lowest BCUT2D eigenvalue weighted by atomic mass is 9.94. The molecule has 2 N–H and O–H groups in total. The summed E-state index contributed by atoms with van der Waals surface area (Å²) in [5.41, 5.74) is 0. The van der Waals surface area contributed by atoms with Crippen LogP contribution in [0.1, 0.15) is 25.7 Å². The average Bonchev–Trinajstić information content (AvgIpc) is 2.59. The summed E-state index contributed by atoms with van der Waals surface area (Å²) in [6, 6.07) is 0. The van der Waals surface area contributed by atoms with E-state index in [0.29, 0.717) is 11.8 Å². The molecule has 2 aliphatic rings. The van der Waals surface area contributed by atoms with Gasteiger partial charge in [0, 0.05) is 26.1 Å². The van der Waals surface area contributed by atoms with Gasteiger partial charge in [0.15, 0.2) is 0 Å². The zero-order valence-electron chi connectivity index (χ0n) is 10.0. The van der Waals surface area contributed by atoms with Crippen molar-refractivity contribution in [1.82, 2.24) is 15.5 Å². The summed E-state index contributed by atoms with van der Waals surface area (Å²) in [5.74, 6) is 0.987. The largest absolute Gasteiger partial charge is 0.341 e. The quantitative estimate of drug-likeness (QED) is 0.705. The minimum Gasteiger partial charge on any atom is -0.341 e. The van der Waals surface area contributed by atoms with Gasteiger partial charge in [0.05, 0.1) is 0 Å². The van der Waals surface area contributed by atoms with E-state index in [-0.39, 0.29) is 0 Å². The molecule has 92 valence electrons. The molecule has 0 aromatic heterocycles. The molecule has 0 radical (unpaired) electrons. The topological polar surface area (TPSA) is 44.4 Å². The van der Waals surface area contributed by atoms with Crippen LogP contribution in [0.3, 0.4) is 0 Å². The Hall–Kier alpha value is -0.610. The predicted molar refractivity (Wildman–Crippen MR) is 64.3 cm³/mol. The first-order valence-corrected chi connectivity index (χ1v) is 6.55. The molecule has 0 aliphatic carbocycles. The van der Waals surface area contributed by atoms with Gasteiger partial charge in [-0.2, -0.15) is 0 Å². The van der Waals surface area contributed by atoms with E-state index in [1.165, 1.54) is 0 Å². The molecule has 0 spiro atoms. The smallest absolute Gasteiger partial charge is 0.222 e. The Morgan fingerprint density at radius 3 is 2.62 bits per heavy atom. The molecular formula is C12H23N3O. The molecule has 0 aromatic rings. The predicted octanol–water partition coefficient (Wildman–Crippen LogP) is 0.198. The van der Waals surface area contributed by atoms with E-state index in [1.54, 1.807) is 0 Å². The number of amides is 1. The molecule has 0 bridgehead atoms. The van der Waals surface area contributed by atoms with Gasteiger partial charge in [0.1, 0.15) is 0 Å². The van der Waals surface area contributed by atoms with Gasteiger partial charge >= 0.3 is 0 Å². The Morgan fingerprint density at radius 1 is 1.06 bits per heavy atom. The molecule has 2 aliphatic heterocycles. The Kier molecular flexibility index (Phi) is 4.60. The normalized spacial score (nSPS) is 24.1. The van der Waals surface area contributed by atoms with Gasteiger partial charge in [-0.25, -0.2) is 0 Å². The van der Waals surface area contributed by atoms with E-state index in [4.69, 9.17) is 0 Å². The first kappa shape index (κ1) is 11.9. The summed E-state index contributed by atoms with van der Waals surface area (Å²) in [6.45, 7) is 6.01. The summed E-state index contributed by atoms with van der Waals surface area (Å²) >= 11 is 0. The minimum absolute atomic E-state index is 0.371. The van der Waals surface area contributed by atoms with Crippen molar-refractivity contribution < 1.29 is 4.79 Å². The van der Waals surface area contributed by atoms with Crippen LogP contribution in [0.15, 0.2) is 0 Å². The van der Waals surface area contributed by atoms with Gasteiger partial charge in [-0.15, -0.1) is 0 Å². The first-order chi connectivity index (χ1) is 7.86. The second kappa shape index (κ2) is 6.21. The number of nitrogens with one attached hydrogen (secondary N) is 2. The third-order valence-corrected chi connectivity index (χ3v) is 3.61. The molecule has 2 rings (SSSR count). The molecule has 0 aromatic carbocycles. The van der Waals surface area contributed by atoms with Crippen LogP contribution in [-0.4, -0.2) is 50.1 Å². The summed E-state index contributed by atoms with van der Waals surface area (Å²) in [6.07, 6.45) is 4.19. The molecule has 2 fully saturated rings. The third kappa shape index (κ3) is 3.46. The van der Waals surface area contributed by atoms with E-state index in [2.05, 4.69) is 10.6 Å². The summed E-state index contributed by atoms with van der Waals surface area (Å²) < 4.78 is 0. The SMILES string of the molecule is O=C(CC1CCNCC1)N1CCCNCC1. The van der Waals surface area contributed by atoms with Crippen molar-refractivity contribution in [2.45, 2.75) is 25.7 Å². The van der Waals surface area contributed by atoms with E-state index < -0.39 is 0 Å². The van der Waals surface area contributed by atoms with E-state index in [1.807, 2.05) is 4.90 Å². The molecule has 4 heteroatoms. The zero-order valence-corrected chi connectivity index (χ0v) is 10.0. The molecule has 2 heterocycles. The fourth-order valence-electron chi connectivity index (χ4n) is 2.56. The maximum atomic E-state index is 12.1. The van der Waals surface area contributed by atoms with Gasteiger partial charge < -0.3 is 15.5 Å². The van der Waals surface area contributed by atoms with Gasteiger partial charge in [-0.05, 0) is 44.8 Å². The van der Waals surface area contributed by atoms with Gasteiger partial charge in [-0.3, -0.25) is 4.79 Å². The van der Waals surface area contributed by atoms with Crippen LogP contribution in [0.5, 0.6) is 0 Å². The monoisotopic (exact) mass is 225 g/mol. The summed E-state index contributed by atoms with van der Waals surface area (Å²) in [4.78, 5) is 14.1. The maximum Gasteiger partial charge on any atom is 0.222 e. The molecule has 0 saturated carbocycles. The van der Waals surface area contributed by atoms with Crippen molar-refractivity contribution in [1.29, 1.82) is 0 Å². The van der Waals surface area contributed by atoms with E-state index >= 15 is 0 Å². The highest BCUT2D eigenvalue weighted by Crippen LogP contribution is 2.17. The Bertz CT molecular complexity index is 218. The fourth-order valence-corrected chi connectivity index (χ4v) is 2.56. The van der Waals surface area contributed by atoms with E-state index in [0.717, 1.165) is 65.0 Å². The Labute approximate surface area is 97.8 Å². The molecular weight excluding hydrogens is 202 g/mol. The number of rotatable bonds is 2. The number of nitrogens with zero attached hydrogens (tertiary/aromatic N) is 1. The lowest BCUT2D eigenvalue weighted by Crippen LogP contribution is -2.37. The van der Waals surface area contributed by atoms with Crippen LogP contribution in [-0.2, 0) is 4.79 Å². The summed E-state index contributed by atoms with van der Waals surface area (Å²) in [7, 11) is 0. The number of carbonyl (C=O) groups is 1. The van der Waals surface area contributed by atoms with Crippen molar-refractivity contribution in [2.24, 2.45) is 5.92 Å². The van der Waals surface area contributed by atoms with Crippen molar-refractivity contribution in [3.8, 4) is 0 Å². The first-order valence-electron chi connectivity index (χ1n) is 6.55. The summed E-state index contributed by atoms with van der Waals surface area (Å²) in [5, 5.41) is 6.67. The number of hydrogen-bond donors (Lipinski definition) is 2. The van der Waals surface area contributed by atoms with E-state index in [9.17, 15) is 4.79 Å². The number of piperidine rings is 1. The lowest BCUT2D eigenvalue weighted by Gasteiger charge is -2.26. The van der Waals surface area contributed by atoms with Crippen LogP contribution < -0.4 is 10.6 Å². The molecule has 0 atom stereocenters. The molecule has 2 saturated heterocycles. The highest BCUT2D eigenvalue weighted by atomic mass is 16.2. The van der Waals surface area contributed by atoms with Crippen molar-refractivity contribution in [3.05, 3.63) is 0 Å². The molecule has 4 nitrogen and oxygen atoms in total. The highest BCUT2D eigenvalue weighted by molar-refractivity contribution is 5.76. The van der Waals surface area contributed by atoms with Crippen LogP contribution >= 0.6 is 0 Å². The Morgan fingerprint density at radius 2 is 1.81 bits per heavy atom. The van der Waals surface area contributed by atoms with Gasteiger partial charge in [0.25, 0.3) is 0 Å². The van der Waals surface area contributed by atoms with Gasteiger partial charge in [0.2, 0.25) is 5.91 Å². The Balaban J connectivity index is 1.76. The fraction of sp³-hybridized carbons (Fsp3) is 0.917. The average molecular weight is 225 g/mol. The third-order valence-electron chi connectivity index (χ3n) is 3.61. The number of hydrogen-bond acceptors (Lipinski definition) is 3. The molecule has 0 unspecified atom stereocenters. The van der Waals surface area contributed by atoms with Crippen molar-refractivity contribution in [3.63, 3.8) is 0 Å². The van der Waals surface area contributed by atoms with Crippen molar-refractivity contribution >= 4 is 5.91 Å². The molecule has 16 heavy (non-hydrogen) atoms. The maximum absolute atomic E-state index is 12.1. The second-order valence-electron chi connectivity index (χ2n) is 4.88. The standard InChI is InChI=1S/C12H23N3O/c16-12(10-11-2-5-14-6-3-11)15-8-1-4-13-7-9-15/h11,13-14H,1-10H2. The minimum atomic E-state index is 0.371. The highest BCUT2D eigenvalue weighted by Gasteiger charge is 2.21.